The molecule has 0 radical (unpaired) electrons. The standard InChI is InChI=1S/C14H13N3S/c1-9-6-7-10(8-11(9)15)16-14-17-12-4-2-3-5-13(12)18-14/h2-8H,15H2,1H3,(H,16,17). The van der Waals surface area contributed by atoms with Gasteiger partial charge in [-0.25, -0.2) is 4.98 Å². The van der Waals surface area contributed by atoms with Gasteiger partial charge in [0.25, 0.3) is 0 Å². The Kier molecular flexibility index (Phi) is 2.64. The lowest BCUT2D eigenvalue weighted by atomic mass is 10.2. The molecule has 0 aliphatic carbocycles. The minimum absolute atomic E-state index is 0.793. The fourth-order valence-corrected chi connectivity index (χ4v) is 2.65. The first-order chi connectivity index (χ1) is 8.72. The molecule has 3 rings (SSSR count). The summed E-state index contributed by atoms with van der Waals surface area (Å²) >= 11 is 1.64. The molecule has 0 fully saturated rings. The Morgan fingerprint density at radius 1 is 1.17 bits per heavy atom. The minimum atomic E-state index is 0.793. The Balaban J connectivity index is 1.93. The van der Waals surface area contributed by atoms with E-state index in [0.29, 0.717) is 0 Å². The second-order valence-corrected chi connectivity index (χ2v) is 5.21. The lowest BCUT2D eigenvalue weighted by Crippen LogP contribution is -1.93. The summed E-state index contributed by atoms with van der Waals surface area (Å²) < 4.78 is 1.18. The van der Waals surface area contributed by atoms with Crippen LogP contribution < -0.4 is 11.1 Å². The lowest BCUT2D eigenvalue weighted by molar-refractivity contribution is 1.42. The summed E-state index contributed by atoms with van der Waals surface area (Å²) in [5.74, 6) is 0. The van der Waals surface area contributed by atoms with Crippen LogP contribution in [0.15, 0.2) is 42.5 Å². The van der Waals surface area contributed by atoms with Gasteiger partial charge in [0.1, 0.15) is 0 Å². The average molecular weight is 255 g/mol. The van der Waals surface area contributed by atoms with Crippen molar-refractivity contribution in [3.8, 4) is 0 Å². The van der Waals surface area contributed by atoms with E-state index in [4.69, 9.17) is 5.73 Å². The van der Waals surface area contributed by atoms with Gasteiger partial charge in [0, 0.05) is 11.4 Å². The molecule has 3 aromatic rings. The van der Waals surface area contributed by atoms with Gasteiger partial charge in [-0.3, -0.25) is 0 Å². The Labute approximate surface area is 109 Å². The third-order valence-corrected chi connectivity index (χ3v) is 3.78. The molecule has 0 aliphatic rings. The van der Waals surface area contributed by atoms with Crippen LogP contribution in [-0.2, 0) is 0 Å². The number of fused-ring (bicyclic) bond motifs is 1. The van der Waals surface area contributed by atoms with Gasteiger partial charge in [0.2, 0.25) is 0 Å². The number of benzene rings is 2. The zero-order valence-electron chi connectivity index (χ0n) is 9.97. The number of nitrogen functional groups attached to an aromatic ring is 1. The molecule has 4 heteroatoms. The average Bonchev–Trinajstić information content (AvgIpc) is 2.76. The number of hydrogen-bond donors (Lipinski definition) is 2. The Bertz CT molecular complexity index is 670. The summed E-state index contributed by atoms with van der Waals surface area (Å²) in [6, 6.07) is 14.1. The zero-order chi connectivity index (χ0) is 12.5. The number of hydrogen-bond acceptors (Lipinski definition) is 4. The Morgan fingerprint density at radius 3 is 2.78 bits per heavy atom. The largest absolute Gasteiger partial charge is 0.398 e. The quantitative estimate of drug-likeness (QED) is 0.682. The molecule has 0 atom stereocenters. The van der Waals surface area contributed by atoms with E-state index in [1.807, 2.05) is 43.3 Å². The van der Waals surface area contributed by atoms with Crippen molar-refractivity contribution < 1.29 is 0 Å². The third-order valence-electron chi connectivity index (χ3n) is 2.82. The number of thiazole rings is 1. The maximum atomic E-state index is 5.89. The number of aromatic nitrogens is 1. The van der Waals surface area contributed by atoms with Crippen molar-refractivity contribution in [1.82, 2.24) is 4.98 Å². The molecule has 0 aliphatic heterocycles. The number of nitrogens with zero attached hydrogens (tertiary/aromatic N) is 1. The highest BCUT2D eigenvalue weighted by Crippen LogP contribution is 2.28. The Hall–Kier alpha value is -2.07. The lowest BCUT2D eigenvalue weighted by Gasteiger charge is -2.05. The van der Waals surface area contributed by atoms with Crippen molar-refractivity contribution >= 4 is 38.1 Å². The van der Waals surface area contributed by atoms with Gasteiger partial charge < -0.3 is 11.1 Å². The first-order valence-corrected chi connectivity index (χ1v) is 6.53. The van der Waals surface area contributed by atoms with Crippen molar-refractivity contribution in [2.75, 3.05) is 11.1 Å². The van der Waals surface area contributed by atoms with Crippen molar-refractivity contribution in [2.45, 2.75) is 6.92 Å². The van der Waals surface area contributed by atoms with Crippen LogP contribution in [0.4, 0.5) is 16.5 Å². The van der Waals surface area contributed by atoms with Gasteiger partial charge in [-0.2, -0.15) is 0 Å². The predicted octanol–water partition coefficient (Wildman–Crippen LogP) is 3.93. The van der Waals surface area contributed by atoms with Gasteiger partial charge in [0.15, 0.2) is 5.13 Å². The summed E-state index contributed by atoms with van der Waals surface area (Å²) in [5, 5.41) is 4.18. The second-order valence-electron chi connectivity index (χ2n) is 4.18. The molecule has 90 valence electrons. The number of rotatable bonds is 2. The van der Waals surface area contributed by atoms with Gasteiger partial charge in [0.05, 0.1) is 10.2 Å². The van der Waals surface area contributed by atoms with Crippen LogP contribution >= 0.6 is 11.3 Å². The van der Waals surface area contributed by atoms with Crippen LogP contribution in [0.2, 0.25) is 0 Å². The van der Waals surface area contributed by atoms with Crippen LogP contribution in [-0.4, -0.2) is 4.98 Å². The highest BCUT2D eigenvalue weighted by molar-refractivity contribution is 7.22. The van der Waals surface area contributed by atoms with Gasteiger partial charge in [-0.1, -0.05) is 29.5 Å². The molecular formula is C14H13N3S. The fourth-order valence-electron chi connectivity index (χ4n) is 1.77. The Morgan fingerprint density at radius 2 is 2.00 bits per heavy atom. The number of nitrogens with one attached hydrogen (secondary N) is 1. The maximum absolute atomic E-state index is 5.89. The zero-order valence-corrected chi connectivity index (χ0v) is 10.8. The van der Waals surface area contributed by atoms with Crippen molar-refractivity contribution in [3.63, 3.8) is 0 Å². The number of aryl methyl sites for hydroxylation is 1. The van der Waals surface area contributed by atoms with Crippen LogP contribution in [0.3, 0.4) is 0 Å². The normalized spacial score (nSPS) is 10.7. The molecule has 1 heterocycles. The van der Waals surface area contributed by atoms with Gasteiger partial charge >= 0.3 is 0 Å². The summed E-state index contributed by atoms with van der Waals surface area (Å²) in [7, 11) is 0. The molecule has 0 saturated heterocycles. The molecule has 0 amide bonds. The van der Waals surface area contributed by atoms with E-state index in [-0.39, 0.29) is 0 Å². The smallest absolute Gasteiger partial charge is 0.188 e. The van der Waals surface area contributed by atoms with Crippen LogP contribution in [0, 0.1) is 6.92 Å². The molecule has 0 unspecified atom stereocenters. The highest BCUT2D eigenvalue weighted by atomic mass is 32.1. The van der Waals surface area contributed by atoms with Crippen molar-refractivity contribution in [3.05, 3.63) is 48.0 Å². The van der Waals surface area contributed by atoms with Crippen LogP contribution in [0.1, 0.15) is 5.56 Å². The summed E-state index contributed by atoms with van der Waals surface area (Å²) in [4.78, 5) is 4.53. The van der Waals surface area contributed by atoms with E-state index in [1.165, 1.54) is 4.70 Å². The van der Waals surface area contributed by atoms with E-state index in [2.05, 4.69) is 16.4 Å². The summed E-state index contributed by atoms with van der Waals surface area (Å²) in [6.07, 6.45) is 0. The number of nitrogens with two attached hydrogens (primary N) is 1. The van der Waals surface area contributed by atoms with E-state index in [9.17, 15) is 0 Å². The number of anilines is 3. The molecule has 3 N–H and O–H groups in total. The second kappa shape index (κ2) is 4.31. The molecular weight excluding hydrogens is 242 g/mol. The minimum Gasteiger partial charge on any atom is -0.398 e. The van der Waals surface area contributed by atoms with Crippen molar-refractivity contribution in [1.29, 1.82) is 0 Å². The van der Waals surface area contributed by atoms with E-state index in [0.717, 1.165) is 27.6 Å². The fraction of sp³-hybridized carbons (Fsp3) is 0.0714. The van der Waals surface area contributed by atoms with Gasteiger partial charge in [-0.05, 0) is 36.8 Å². The molecule has 0 saturated carbocycles. The van der Waals surface area contributed by atoms with Gasteiger partial charge in [-0.15, -0.1) is 0 Å². The first kappa shape index (κ1) is 11.0. The molecule has 18 heavy (non-hydrogen) atoms. The van der Waals surface area contributed by atoms with E-state index < -0.39 is 0 Å². The summed E-state index contributed by atoms with van der Waals surface area (Å²) in [6.45, 7) is 2.00. The van der Waals surface area contributed by atoms with Crippen molar-refractivity contribution in [2.24, 2.45) is 0 Å². The highest BCUT2D eigenvalue weighted by Gasteiger charge is 2.03. The molecule has 2 aromatic carbocycles. The SMILES string of the molecule is Cc1ccc(Nc2nc3ccccc3s2)cc1N. The monoisotopic (exact) mass is 255 g/mol. The molecule has 1 aromatic heterocycles. The number of para-hydroxylation sites is 1. The molecule has 0 bridgehead atoms. The predicted molar refractivity (Wildman–Crippen MR) is 78.5 cm³/mol. The van der Waals surface area contributed by atoms with Crippen LogP contribution in [0.5, 0.6) is 0 Å². The summed E-state index contributed by atoms with van der Waals surface area (Å²) in [5.41, 5.74) is 9.76. The topological polar surface area (TPSA) is 50.9 Å². The molecule has 0 spiro atoms. The third kappa shape index (κ3) is 2.02. The molecule has 3 nitrogen and oxygen atoms in total. The first-order valence-electron chi connectivity index (χ1n) is 5.71. The van der Waals surface area contributed by atoms with Crippen LogP contribution in [0.25, 0.3) is 10.2 Å². The maximum Gasteiger partial charge on any atom is 0.188 e. The van der Waals surface area contributed by atoms with E-state index in [1.54, 1.807) is 11.3 Å². The van der Waals surface area contributed by atoms with E-state index >= 15 is 0 Å².